The van der Waals surface area contributed by atoms with Crippen LogP contribution in [-0.2, 0) is 0 Å². The van der Waals surface area contributed by atoms with Crippen molar-refractivity contribution in [1.29, 1.82) is 0 Å². The van der Waals surface area contributed by atoms with Crippen LogP contribution in [0.25, 0.3) is 10.8 Å². The Morgan fingerprint density at radius 2 is 1.75 bits per heavy atom. The highest BCUT2D eigenvalue weighted by atomic mass is 35.5. The summed E-state index contributed by atoms with van der Waals surface area (Å²) in [6, 6.07) is 5.97. The number of nitrogens with one attached hydrogen (secondary N) is 2. The van der Waals surface area contributed by atoms with Crippen LogP contribution in [0.2, 0.25) is 5.02 Å². The number of hydrogen-bond acceptors (Lipinski definition) is 3. The van der Waals surface area contributed by atoms with E-state index in [1.54, 1.807) is 6.20 Å². The maximum Gasteiger partial charge on any atom is 0.257 e. The Morgan fingerprint density at radius 3 is 2.50 bits per heavy atom. The van der Waals surface area contributed by atoms with E-state index in [0.717, 1.165) is 36.0 Å². The number of benzene rings is 1. The van der Waals surface area contributed by atoms with Crippen molar-refractivity contribution in [3.8, 4) is 0 Å². The Labute approximate surface area is 147 Å². The molecule has 2 aromatic rings. The van der Waals surface area contributed by atoms with E-state index in [9.17, 15) is 4.79 Å². The van der Waals surface area contributed by atoms with Gasteiger partial charge in [-0.05, 0) is 74.2 Å². The molecule has 0 radical (unpaired) electrons. The van der Waals surface area contributed by atoms with Gasteiger partial charge < -0.3 is 15.2 Å². The molecule has 2 aliphatic heterocycles. The predicted octanol–water partition coefficient (Wildman–Crippen LogP) is 3.40. The first-order valence-electron chi connectivity index (χ1n) is 8.99. The number of pyridine rings is 1. The van der Waals surface area contributed by atoms with Crippen molar-refractivity contribution in [2.45, 2.75) is 25.7 Å². The molecule has 1 aromatic heterocycles. The van der Waals surface area contributed by atoms with Gasteiger partial charge in [-0.1, -0.05) is 11.6 Å². The Balaban J connectivity index is 1.51. The zero-order valence-corrected chi connectivity index (χ0v) is 14.6. The van der Waals surface area contributed by atoms with Crippen molar-refractivity contribution in [2.75, 3.05) is 31.1 Å². The monoisotopic (exact) mass is 345 g/mol. The van der Waals surface area contributed by atoms with Gasteiger partial charge in [-0.2, -0.15) is 0 Å². The number of nitrogens with zero attached hydrogens (tertiary/aromatic N) is 1. The molecule has 0 unspecified atom stereocenters. The van der Waals surface area contributed by atoms with Crippen LogP contribution in [0.15, 0.2) is 29.2 Å². The van der Waals surface area contributed by atoms with Gasteiger partial charge in [0, 0.05) is 25.0 Å². The second-order valence-corrected chi connectivity index (χ2v) is 7.52. The van der Waals surface area contributed by atoms with E-state index < -0.39 is 0 Å². The maximum absolute atomic E-state index is 11.9. The number of hydrogen-bond donors (Lipinski definition) is 2. The molecule has 1 aromatic carbocycles. The van der Waals surface area contributed by atoms with Crippen molar-refractivity contribution < 1.29 is 0 Å². The third-order valence-electron chi connectivity index (χ3n) is 5.77. The lowest BCUT2D eigenvalue weighted by Gasteiger charge is -2.39. The number of H-pyrrole nitrogens is 1. The third kappa shape index (κ3) is 3.05. The van der Waals surface area contributed by atoms with E-state index in [1.807, 2.05) is 12.1 Å². The van der Waals surface area contributed by atoms with Crippen molar-refractivity contribution in [3.63, 3.8) is 0 Å². The normalized spacial score (nSPS) is 20.6. The smallest absolute Gasteiger partial charge is 0.257 e. The lowest BCUT2D eigenvalue weighted by atomic mass is 9.79. The van der Waals surface area contributed by atoms with E-state index in [-0.39, 0.29) is 5.56 Å². The van der Waals surface area contributed by atoms with Crippen molar-refractivity contribution in [1.82, 2.24) is 10.3 Å². The van der Waals surface area contributed by atoms with Gasteiger partial charge in [-0.3, -0.25) is 4.79 Å². The lowest BCUT2D eigenvalue weighted by molar-refractivity contribution is 0.222. The number of fused-ring (bicyclic) bond motifs is 1. The molecule has 0 atom stereocenters. The van der Waals surface area contributed by atoms with Crippen molar-refractivity contribution >= 4 is 28.1 Å². The Bertz CT molecular complexity index is 774. The van der Waals surface area contributed by atoms with Crippen LogP contribution in [-0.4, -0.2) is 31.2 Å². The molecule has 128 valence electrons. The number of rotatable bonds is 2. The van der Waals surface area contributed by atoms with E-state index in [4.69, 9.17) is 11.6 Å². The fourth-order valence-corrected chi connectivity index (χ4v) is 4.70. The largest absolute Gasteiger partial charge is 0.371 e. The molecule has 2 N–H and O–H groups in total. The highest BCUT2D eigenvalue weighted by Crippen LogP contribution is 2.34. The zero-order chi connectivity index (χ0) is 16.5. The fraction of sp³-hybridized carbons (Fsp3) is 0.526. The predicted molar refractivity (Wildman–Crippen MR) is 100 cm³/mol. The van der Waals surface area contributed by atoms with Gasteiger partial charge in [0.15, 0.2) is 0 Å². The standard InChI is InChI=1S/C19H24ClN3O/c20-17-12-16(11-15-3-8-22-19(24)18(15)17)23-9-4-14(5-10-23)13-1-6-21-7-2-13/h3,8,11-14,21H,1-2,4-7,9-10H2,(H,22,24). The molecular weight excluding hydrogens is 322 g/mol. The first kappa shape index (κ1) is 16.0. The summed E-state index contributed by atoms with van der Waals surface area (Å²) in [6.07, 6.45) is 6.87. The number of aromatic amines is 1. The SMILES string of the molecule is O=c1[nH]ccc2cc(N3CCC(C4CCNCC4)CC3)cc(Cl)c12. The average Bonchev–Trinajstić information content (AvgIpc) is 2.62. The van der Waals surface area contributed by atoms with Crippen molar-refractivity contribution in [2.24, 2.45) is 11.8 Å². The van der Waals surface area contributed by atoms with Gasteiger partial charge in [-0.15, -0.1) is 0 Å². The second-order valence-electron chi connectivity index (χ2n) is 7.11. The molecule has 3 heterocycles. The number of aromatic nitrogens is 1. The fourth-order valence-electron chi connectivity index (χ4n) is 4.39. The summed E-state index contributed by atoms with van der Waals surface area (Å²) in [6.45, 7) is 4.53. The maximum atomic E-state index is 11.9. The van der Waals surface area contributed by atoms with Crippen molar-refractivity contribution in [3.05, 3.63) is 39.8 Å². The quantitative estimate of drug-likeness (QED) is 0.877. The number of anilines is 1. The molecule has 0 amide bonds. The highest BCUT2D eigenvalue weighted by Gasteiger charge is 2.27. The molecule has 2 fully saturated rings. The lowest BCUT2D eigenvalue weighted by Crippen LogP contribution is -2.39. The summed E-state index contributed by atoms with van der Waals surface area (Å²) in [4.78, 5) is 17.1. The van der Waals surface area contributed by atoms with E-state index >= 15 is 0 Å². The first-order valence-corrected chi connectivity index (χ1v) is 9.37. The van der Waals surface area contributed by atoms with Gasteiger partial charge in [0.05, 0.1) is 10.4 Å². The zero-order valence-electron chi connectivity index (χ0n) is 13.9. The molecule has 4 rings (SSSR count). The van der Waals surface area contributed by atoms with Gasteiger partial charge in [0.2, 0.25) is 0 Å². The summed E-state index contributed by atoms with van der Waals surface area (Å²) >= 11 is 6.38. The molecule has 5 heteroatoms. The minimum atomic E-state index is -0.117. The highest BCUT2D eigenvalue weighted by molar-refractivity contribution is 6.35. The van der Waals surface area contributed by atoms with Crippen LogP contribution in [0.1, 0.15) is 25.7 Å². The molecule has 24 heavy (non-hydrogen) atoms. The first-order chi connectivity index (χ1) is 11.7. The minimum Gasteiger partial charge on any atom is -0.371 e. The van der Waals surface area contributed by atoms with Crippen LogP contribution in [0.4, 0.5) is 5.69 Å². The third-order valence-corrected chi connectivity index (χ3v) is 6.06. The van der Waals surface area contributed by atoms with Crippen LogP contribution in [0.5, 0.6) is 0 Å². The number of piperidine rings is 2. The van der Waals surface area contributed by atoms with Gasteiger partial charge in [-0.25, -0.2) is 0 Å². The summed E-state index contributed by atoms with van der Waals surface area (Å²) in [7, 11) is 0. The molecular formula is C19H24ClN3O. The molecule has 0 bridgehead atoms. The topological polar surface area (TPSA) is 48.1 Å². The second kappa shape index (κ2) is 6.77. The Morgan fingerprint density at radius 1 is 1.04 bits per heavy atom. The summed E-state index contributed by atoms with van der Waals surface area (Å²) in [5, 5.41) is 5.52. The Hall–Kier alpha value is -1.52. The van der Waals surface area contributed by atoms with Gasteiger partial charge >= 0.3 is 0 Å². The molecule has 0 saturated carbocycles. The van der Waals surface area contributed by atoms with Crippen LogP contribution in [0, 0.1) is 11.8 Å². The summed E-state index contributed by atoms with van der Waals surface area (Å²) in [5.41, 5.74) is 1.02. The minimum absolute atomic E-state index is 0.117. The van der Waals surface area contributed by atoms with Crippen LogP contribution < -0.4 is 15.8 Å². The Kier molecular flexibility index (Phi) is 4.51. The average molecular weight is 346 g/mol. The van der Waals surface area contributed by atoms with Crippen LogP contribution >= 0.6 is 11.6 Å². The molecule has 0 spiro atoms. The van der Waals surface area contributed by atoms with Gasteiger partial charge in [0.1, 0.15) is 0 Å². The van der Waals surface area contributed by atoms with E-state index in [1.165, 1.54) is 38.8 Å². The molecule has 2 saturated heterocycles. The number of halogens is 1. The summed E-state index contributed by atoms with van der Waals surface area (Å²) < 4.78 is 0. The van der Waals surface area contributed by atoms with Gasteiger partial charge in [0.25, 0.3) is 5.56 Å². The van der Waals surface area contributed by atoms with E-state index in [2.05, 4.69) is 21.3 Å². The van der Waals surface area contributed by atoms with Crippen LogP contribution in [0.3, 0.4) is 0 Å². The molecule has 4 nitrogen and oxygen atoms in total. The molecule has 2 aliphatic rings. The van der Waals surface area contributed by atoms with E-state index in [0.29, 0.717) is 10.4 Å². The molecule has 0 aliphatic carbocycles. The summed E-state index contributed by atoms with van der Waals surface area (Å²) in [5.74, 6) is 1.76.